The Morgan fingerprint density at radius 1 is 1.06 bits per heavy atom. The molecule has 1 aromatic heterocycles. The molecule has 0 bridgehead atoms. The predicted molar refractivity (Wildman–Crippen MR) is 130 cm³/mol. The van der Waals surface area contributed by atoms with Crippen molar-refractivity contribution in [3.8, 4) is 17.0 Å². The molecule has 0 aliphatic carbocycles. The molecule has 0 saturated carbocycles. The molecule has 0 atom stereocenters. The third-order valence-corrected chi connectivity index (χ3v) is 5.86. The molecule has 33 heavy (non-hydrogen) atoms. The number of aromatic nitrogens is 1. The fraction of sp³-hybridized carbons (Fsp3) is 0.375. The summed E-state index contributed by atoms with van der Waals surface area (Å²) in [5.41, 5.74) is 2.55. The number of anilines is 1. The van der Waals surface area contributed by atoms with E-state index in [9.17, 15) is 10.1 Å². The van der Waals surface area contributed by atoms with Crippen LogP contribution in [0.25, 0.3) is 11.3 Å². The first-order valence-electron chi connectivity index (χ1n) is 10.9. The lowest BCUT2D eigenvalue weighted by Crippen LogP contribution is -2.46. The first kappa shape index (κ1) is 24.5. The minimum Gasteiger partial charge on any atom is -0.495 e. The molecule has 176 valence electrons. The van der Waals surface area contributed by atoms with Crippen LogP contribution in [0.15, 0.2) is 59.1 Å². The lowest BCUT2D eigenvalue weighted by atomic mass is 10.1. The van der Waals surface area contributed by atoms with Crippen LogP contribution in [0, 0.1) is 10.1 Å². The zero-order valence-electron chi connectivity index (χ0n) is 18.7. The summed E-state index contributed by atoms with van der Waals surface area (Å²) in [6.45, 7) is 5.13. The van der Waals surface area contributed by atoms with Crippen LogP contribution >= 0.6 is 12.4 Å². The summed E-state index contributed by atoms with van der Waals surface area (Å²) >= 11 is 0. The Balaban J connectivity index is 0.00000306. The fourth-order valence-electron chi connectivity index (χ4n) is 4.08. The van der Waals surface area contributed by atoms with Gasteiger partial charge in [0, 0.05) is 56.4 Å². The van der Waals surface area contributed by atoms with Crippen LogP contribution in [0.5, 0.6) is 5.75 Å². The minimum atomic E-state index is -0.402. The molecule has 1 aliphatic rings. The second-order valence-corrected chi connectivity index (χ2v) is 7.94. The maximum atomic E-state index is 11.0. The average Bonchev–Trinajstić information content (AvgIpc) is 3.31. The monoisotopic (exact) mass is 472 g/mol. The van der Waals surface area contributed by atoms with E-state index in [4.69, 9.17) is 9.26 Å². The maximum absolute atomic E-state index is 11.0. The van der Waals surface area contributed by atoms with E-state index in [1.807, 2.05) is 18.2 Å². The number of nitro groups is 1. The van der Waals surface area contributed by atoms with Gasteiger partial charge in [-0.2, -0.15) is 0 Å². The van der Waals surface area contributed by atoms with Crippen molar-refractivity contribution < 1.29 is 14.2 Å². The van der Waals surface area contributed by atoms with E-state index in [-0.39, 0.29) is 18.1 Å². The van der Waals surface area contributed by atoms with Crippen LogP contribution < -0.4 is 9.64 Å². The third kappa shape index (κ3) is 6.24. The second-order valence-electron chi connectivity index (χ2n) is 7.94. The van der Waals surface area contributed by atoms with Crippen LogP contribution in [-0.4, -0.2) is 54.8 Å². The largest absolute Gasteiger partial charge is 0.495 e. The van der Waals surface area contributed by atoms with Gasteiger partial charge in [0.2, 0.25) is 0 Å². The number of methoxy groups -OCH3 is 1. The third-order valence-electron chi connectivity index (χ3n) is 5.86. The van der Waals surface area contributed by atoms with Crippen molar-refractivity contribution in [3.05, 3.63) is 70.5 Å². The van der Waals surface area contributed by atoms with Gasteiger partial charge in [0.25, 0.3) is 5.69 Å². The van der Waals surface area contributed by atoms with E-state index in [1.54, 1.807) is 19.2 Å². The van der Waals surface area contributed by atoms with Gasteiger partial charge in [-0.05, 0) is 31.5 Å². The van der Waals surface area contributed by atoms with E-state index in [2.05, 4.69) is 27.1 Å². The number of nitro benzene ring substituents is 1. The predicted octanol–water partition coefficient (Wildman–Crippen LogP) is 4.83. The maximum Gasteiger partial charge on any atom is 0.270 e. The van der Waals surface area contributed by atoms with Gasteiger partial charge in [-0.25, -0.2) is 0 Å². The van der Waals surface area contributed by atoms with Crippen LogP contribution in [0.2, 0.25) is 0 Å². The van der Waals surface area contributed by atoms with Crippen molar-refractivity contribution in [1.29, 1.82) is 0 Å². The molecule has 4 rings (SSSR count). The normalized spacial score (nSPS) is 14.0. The Morgan fingerprint density at radius 2 is 1.85 bits per heavy atom. The van der Waals surface area contributed by atoms with Gasteiger partial charge in [0.15, 0.2) is 0 Å². The first-order chi connectivity index (χ1) is 15.6. The van der Waals surface area contributed by atoms with Gasteiger partial charge >= 0.3 is 0 Å². The quantitative estimate of drug-likeness (QED) is 0.250. The number of hydrogen-bond donors (Lipinski definition) is 0. The Morgan fingerprint density at radius 3 is 2.61 bits per heavy atom. The summed E-state index contributed by atoms with van der Waals surface area (Å²) < 4.78 is 10.9. The topological polar surface area (TPSA) is 84.9 Å². The van der Waals surface area contributed by atoms with E-state index in [1.165, 1.54) is 17.8 Å². The van der Waals surface area contributed by atoms with Crippen LogP contribution in [0.3, 0.4) is 0 Å². The molecule has 2 heterocycles. The van der Waals surface area contributed by atoms with Crippen molar-refractivity contribution >= 4 is 23.8 Å². The minimum absolute atomic E-state index is 0. The summed E-state index contributed by atoms with van der Waals surface area (Å²) in [6, 6.07) is 16.5. The highest BCUT2D eigenvalue weighted by Gasteiger charge is 2.19. The van der Waals surface area contributed by atoms with Gasteiger partial charge < -0.3 is 14.2 Å². The molecule has 1 fully saturated rings. The number of rotatable bonds is 9. The molecule has 9 heteroatoms. The Bertz CT molecular complexity index is 1050. The Hall–Kier alpha value is -3.10. The van der Waals surface area contributed by atoms with E-state index >= 15 is 0 Å². The van der Waals surface area contributed by atoms with Gasteiger partial charge in [-0.15, -0.1) is 12.4 Å². The zero-order chi connectivity index (χ0) is 22.3. The SMILES string of the molecule is COc1ccccc1N1CCN(CCCCc2cc(-c3cccc([N+](=O)[O-])c3)no2)CC1.Cl. The molecule has 1 saturated heterocycles. The summed E-state index contributed by atoms with van der Waals surface area (Å²) in [5, 5.41) is 15.0. The van der Waals surface area contributed by atoms with Gasteiger partial charge in [-0.3, -0.25) is 15.0 Å². The summed E-state index contributed by atoms with van der Waals surface area (Å²) in [5.74, 6) is 1.74. The molecular formula is C24H29ClN4O4. The highest BCUT2D eigenvalue weighted by molar-refractivity contribution is 5.85. The lowest BCUT2D eigenvalue weighted by molar-refractivity contribution is -0.384. The number of halogens is 1. The summed E-state index contributed by atoms with van der Waals surface area (Å²) in [7, 11) is 1.72. The molecule has 0 unspecified atom stereocenters. The number of para-hydroxylation sites is 2. The van der Waals surface area contributed by atoms with Crippen molar-refractivity contribution in [1.82, 2.24) is 10.1 Å². The zero-order valence-corrected chi connectivity index (χ0v) is 19.5. The summed E-state index contributed by atoms with van der Waals surface area (Å²) in [4.78, 5) is 15.4. The molecule has 0 radical (unpaired) electrons. The van der Waals surface area contributed by atoms with E-state index in [0.717, 1.165) is 63.5 Å². The molecular weight excluding hydrogens is 444 g/mol. The fourth-order valence-corrected chi connectivity index (χ4v) is 4.08. The highest BCUT2D eigenvalue weighted by atomic mass is 35.5. The molecule has 0 spiro atoms. The Labute approximate surface area is 199 Å². The van der Waals surface area contributed by atoms with Crippen molar-refractivity contribution in [2.24, 2.45) is 0 Å². The average molecular weight is 473 g/mol. The van der Waals surface area contributed by atoms with Crippen LogP contribution in [0.4, 0.5) is 11.4 Å². The molecule has 2 aromatic carbocycles. The van der Waals surface area contributed by atoms with E-state index in [0.29, 0.717) is 11.3 Å². The molecule has 0 amide bonds. The number of non-ortho nitro benzene ring substituents is 1. The van der Waals surface area contributed by atoms with Crippen molar-refractivity contribution in [2.75, 3.05) is 44.7 Å². The number of hydrogen-bond acceptors (Lipinski definition) is 7. The van der Waals surface area contributed by atoms with Crippen molar-refractivity contribution in [3.63, 3.8) is 0 Å². The number of aryl methyl sites for hydroxylation is 1. The van der Waals surface area contributed by atoms with Crippen molar-refractivity contribution in [2.45, 2.75) is 19.3 Å². The number of piperazine rings is 1. The first-order valence-corrected chi connectivity index (χ1v) is 10.9. The summed E-state index contributed by atoms with van der Waals surface area (Å²) in [6.07, 6.45) is 2.90. The van der Waals surface area contributed by atoms with Gasteiger partial charge in [0.1, 0.15) is 17.2 Å². The number of benzene rings is 2. The Kier molecular flexibility index (Phi) is 8.68. The standard InChI is InChI=1S/C24H28N4O4.ClH/c1-31-24-11-3-2-10-23(24)27-15-13-26(14-16-27)12-5-4-9-21-18-22(25-32-21)19-7-6-8-20(17-19)28(29)30;/h2-3,6-8,10-11,17-18H,4-5,9,12-16H2,1H3;1H. The number of ether oxygens (including phenoxy) is 1. The lowest BCUT2D eigenvalue weighted by Gasteiger charge is -2.36. The van der Waals surface area contributed by atoms with E-state index < -0.39 is 4.92 Å². The molecule has 1 aliphatic heterocycles. The van der Waals surface area contributed by atoms with Crippen LogP contribution in [-0.2, 0) is 6.42 Å². The second kappa shape index (κ2) is 11.7. The number of unbranched alkanes of at least 4 members (excludes halogenated alkanes) is 1. The highest BCUT2D eigenvalue weighted by Crippen LogP contribution is 2.28. The van der Waals surface area contributed by atoms with Gasteiger partial charge in [-0.1, -0.05) is 29.4 Å². The molecule has 8 nitrogen and oxygen atoms in total. The van der Waals surface area contributed by atoms with Crippen LogP contribution in [0.1, 0.15) is 18.6 Å². The molecule has 0 N–H and O–H groups in total. The smallest absolute Gasteiger partial charge is 0.270 e. The van der Waals surface area contributed by atoms with Gasteiger partial charge in [0.05, 0.1) is 17.7 Å². The molecule has 3 aromatic rings. The number of nitrogens with zero attached hydrogens (tertiary/aromatic N) is 4.